The van der Waals surface area contributed by atoms with Crippen LogP contribution >= 0.6 is 0 Å². The van der Waals surface area contributed by atoms with Crippen molar-refractivity contribution < 1.29 is 0 Å². The van der Waals surface area contributed by atoms with E-state index in [2.05, 4.69) is 208 Å². The average molecular weight is 805 g/mol. The molecule has 0 saturated carbocycles. The largest absolute Gasteiger partial charge is 0.309 e. The third-order valence-electron chi connectivity index (χ3n) is 12.5. The van der Waals surface area contributed by atoms with Crippen LogP contribution in [0.25, 0.3) is 117 Å². The minimum atomic E-state index is 0.564. The molecule has 0 aliphatic heterocycles. The van der Waals surface area contributed by atoms with Crippen LogP contribution in [0.3, 0.4) is 0 Å². The first-order chi connectivity index (χ1) is 31.3. The van der Waals surface area contributed by atoms with Gasteiger partial charge in [0, 0.05) is 54.8 Å². The molecule has 0 N–H and O–H groups in total. The Bertz CT molecular complexity index is 3880. The Morgan fingerprint density at radius 1 is 0.270 bits per heavy atom. The third-order valence-corrected chi connectivity index (χ3v) is 12.5. The van der Waals surface area contributed by atoms with Gasteiger partial charge in [0.2, 0.25) is 5.95 Å². The minimum absolute atomic E-state index is 0.564. The first-order valence-electron chi connectivity index (χ1n) is 21.3. The van der Waals surface area contributed by atoms with E-state index in [-0.39, 0.29) is 0 Å². The number of rotatable bonds is 6. The van der Waals surface area contributed by atoms with Gasteiger partial charge in [0.25, 0.3) is 0 Å². The first-order valence-corrected chi connectivity index (χ1v) is 21.3. The maximum atomic E-state index is 5.30. The summed E-state index contributed by atoms with van der Waals surface area (Å²) in [6.07, 6.45) is 0. The highest BCUT2D eigenvalue weighted by Crippen LogP contribution is 2.43. The Labute approximate surface area is 362 Å². The van der Waals surface area contributed by atoms with Crippen LogP contribution in [0, 0.1) is 0 Å². The fraction of sp³-hybridized carbons (Fsp3) is 0. The van der Waals surface area contributed by atoms with Crippen LogP contribution in [-0.2, 0) is 0 Å². The van der Waals surface area contributed by atoms with Crippen molar-refractivity contribution in [1.29, 1.82) is 0 Å². The van der Waals surface area contributed by atoms with Crippen LogP contribution in [0.1, 0.15) is 0 Å². The summed E-state index contributed by atoms with van der Waals surface area (Å²) < 4.78 is 7.05. The summed E-state index contributed by atoms with van der Waals surface area (Å²) in [6, 6.07) is 77.3. The van der Waals surface area contributed by atoms with Gasteiger partial charge in [-0.05, 0) is 65.7 Å². The maximum absolute atomic E-state index is 5.30. The van der Waals surface area contributed by atoms with Crippen molar-refractivity contribution >= 4 is 65.4 Å². The molecule has 0 bridgehead atoms. The highest BCUT2D eigenvalue weighted by atomic mass is 15.2. The molecule has 0 aliphatic rings. The molecule has 13 rings (SSSR count). The van der Waals surface area contributed by atoms with Crippen molar-refractivity contribution in [2.24, 2.45) is 0 Å². The quantitative estimate of drug-likeness (QED) is 0.168. The van der Waals surface area contributed by atoms with E-state index in [0.717, 1.165) is 60.9 Å². The van der Waals surface area contributed by atoms with Gasteiger partial charge in [-0.2, -0.15) is 9.97 Å². The third kappa shape index (κ3) is 5.48. The number of hydrogen-bond acceptors (Lipinski definition) is 3. The second-order valence-corrected chi connectivity index (χ2v) is 16.0. The van der Waals surface area contributed by atoms with Gasteiger partial charge in [-0.1, -0.05) is 164 Å². The van der Waals surface area contributed by atoms with Crippen LogP contribution in [0.5, 0.6) is 0 Å². The lowest BCUT2D eigenvalue weighted by Gasteiger charge is -2.12. The van der Waals surface area contributed by atoms with Crippen LogP contribution in [-0.4, -0.2) is 28.7 Å². The number of para-hydroxylation sites is 4. The number of nitrogens with zero attached hydrogens (tertiary/aromatic N) is 6. The average Bonchev–Trinajstić information content (AvgIpc) is 4.00. The molecule has 0 unspecified atom stereocenters. The molecule has 6 heteroatoms. The highest BCUT2D eigenvalue weighted by molar-refractivity contribution is 6.26. The summed E-state index contributed by atoms with van der Waals surface area (Å²) in [7, 11) is 0. The Kier molecular flexibility index (Phi) is 7.80. The lowest BCUT2D eigenvalue weighted by atomic mass is 10.0. The van der Waals surface area contributed by atoms with E-state index >= 15 is 0 Å². The van der Waals surface area contributed by atoms with Gasteiger partial charge < -0.3 is 9.13 Å². The number of benzene rings is 9. The van der Waals surface area contributed by atoms with E-state index in [1.165, 1.54) is 38.1 Å². The molecule has 0 atom stereocenters. The summed E-state index contributed by atoms with van der Waals surface area (Å²) in [5.74, 6) is 1.80. The van der Waals surface area contributed by atoms with Crippen LogP contribution in [0.2, 0.25) is 0 Å². The van der Waals surface area contributed by atoms with Gasteiger partial charge in [0.1, 0.15) is 0 Å². The molecule has 0 aliphatic carbocycles. The lowest BCUT2D eigenvalue weighted by molar-refractivity contribution is 0.953. The number of aromatic nitrogens is 6. The smallest absolute Gasteiger partial charge is 0.238 e. The molecule has 0 spiro atoms. The molecule has 294 valence electrons. The maximum Gasteiger partial charge on any atom is 0.238 e. The van der Waals surface area contributed by atoms with Crippen molar-refractivity contribution in [3.05, 3.63) is 218 Å². The molecule has 0 saturated heterocycles. The molecular weight excluding hydrogens is 769 g/mol. The Balaban J connectivity index is 1.08. The molecule has 6 nitrogen and oxygen atoms in total. The Hall–Kier alpha value is -8.61. The van der Waals surface area contributed by atoms with E-state index in [0.29, 0.717) is 17.6 Å². The van der Waals surface area contributed by atoms with E-state index < -0.39 is 0 Å². The summed E-state index contributed by atoms with van der Waals surface area (Å²) >= 11 is 0. The molecule has 0 radical (unpaired) electrons. The van der Waals surface area contributed by atoms with Crippen molar-refractivity contribution in [2.75, 3.05) is 0 Å². The topological polar surface area (TPSA) is 53.5 Å². The van der Waals surface area contributed by atoms with E-state index in [1.54, 1.807) is 0 Å². The molecule has 0 amide bonds. The molecule has 9 aromatic carbocycles. The van der Waals surface area contributed by atoms with E-state index in [4.69, 9.17) is 15.0 Å². The van der Waals surface area contributed by atoms with Crippen molar-refractivity contribution in [3.8, 4) is 51.2 Å². The second-order valence-electron chi connectivity index (χ2n) is 16.0. The van der Waals surface area contributed by atoms with Crippen molar-refractivity contribution in [3.63, 3.8) is 0 Å². The predicted molar refractivity (Wildman–Crippen MR) is 259 cm³/mol. The lowest BCUT2D eigenvalue weighted by Crippen LogP contribution is -2.06. The standard InChI is InChI=1S/C57H36N6/c1-4-16-37(17-5-1)38-28-30-40(31-29-38)56-58-55(39-18-6-2-7-19-39)59-57(60-56)63-50-27-15-12-24-46(50)53-52(63)35-33-45-43-22-10-14-26-49(43)62(54(45)53)42-32-34-51-47(36-42)44-23-11-13-25-48(44)61(51)41-20-8-3-9-21-41/h1-36H. The fourth-order valence-corrected chi connectivity index (χ4v) is 9.70. The first kappa shape index (κ1) is 35.2. The van der Waals surface area contributed by atoms with Crippen molar-refractivity contribution in [2.45, 2.75) is 0 Å². The second kappa shape index (κ2) is 14.0. The summed E-state index contributed by atoms with van der Waals surface area (Å²) in [4.78, 5) is 15.7. The SMILES string of the molecule is c1ccc(-c2ccc(-c3nc(-c4ccccc4)nc(-n4c5ccccc5c5c4ccc4c6ccccc6n(-c6ccc7c(c6)c6ccccc6n7-c6ccccc6)c45)n3)cc2)cc1. The summed E-state index contributed by atoms with van der Waals surface area (Å²) in [5, 5.41) is 7.07. The predicted octanol–water partition coefficient (Wildman–Crippen LogP) is 14.2. The van der Waals surface area contributed by atoms with Gasteiger partial charge in [-0.25, -0.2) is 4.98 Å². The Morgan fingerprint density at radius 2 is 0.746 bits per heavy atom. The van der Waals surface area contributed by atoms with Crippen LogP contribution < -0.4 is 0 Å². The molecule has 0 fully saturated rings. The minimum Gasteiger partial charge on any atom is -0.309 e. The molecule has 4 heterocycles. The van der Waals surface area contributed by atoms with Gasteiger partial charge in [0.05, 0.1) is 33.1 Å². The highest BCUT2D eigenvalue weighted by Gasteiger charge is 2.24. The molecule has 63 heavy (non-hydrogen) atoms. The normalized spacial score (nSPS) is 11.8. The summed E-state index contributed by atoms with van der Waals surface area (Å²) in [6.45, 7) is 0. The monoisotopic (exact) mass is 804 g/mol. The molecule has 4 aromatic heterocycles. The van der Waals surface area contributed by atoms with E-state index in [1.807, 2.05) is 24.3 Å². The van der Waals surface area contributed by atoms with Gasteiger partial charge in [0.15, 0.2) is 11.6 Å². The fourth-order valence-electron chi connectivity index (χ4n) is 9.70. The van der Waals surface area contributed by atoms with Crippen molar-refractivity contribution in [1.82, 2.24) is 28.7 Å². The molecule has 13 aromatic rings. The zero-order valence-electron chi connectivity index (χ0n) is 34.0. The Morgan fingerprint density at radius 3 is 1.43 bits per heavy atom. The van der Waals surface area contributed by atoms with Gasteiger partial charge in [-0.3, -0.25) is 4.57 Å². The molecular formula is C57H36N6. The number of fused-ring (bicyclic) bond motifs is 10. The van der Waals surface area contributed by atoms with Gasteiger partial charge >= 0.3 is 0 Å². The zero-order chi connectivity index (χ0) is 41.4. The summed E-state index contributed by atoms with van der Waals surface area (Å²) in [5.41, 5.74) is 13.1. The van der Waals surface area contributed by atoms with Crippen LogP contribution in [0.15, 0.2) is 218 Å². The van der Waals surface area contributed by atoms with Crippen LogP contribution in [0.4, 0.5) is 0 Å². The van der Waals surface area contributed by atoms with Gasteiger partial charge in [-0.15, -0.1) is 0 Å². The zero-order valence-corrected chi connectivity index (χ0v) is 34.0. The number of hydrogen-bond donors (Lipinski definition) is 0. The van der Waals surface area contributed by atoms with E-state index in [9.17, 15) is 0 Å².